The van der Waals surface area contributed by atoms with Gasteiger partial charge < -0.3 is 25.2 Å². The Morgan fingerprint density at radius 1 is 1.29 bits per heavy atom. The van der Waals surface area contributed by atoms with Crippen molar-refractivity contribution in [3.8, 4) is 6.07 Å². The molecule has 2 aromatic rings. The van der Waals surface area contributed by atoms with E-state index in [2.05, 4.69) is 6.07 Å². The maximum Gasteiger partial charge on any atom is 0.341 e. The quantitative estimate of drug-likeness (QED) is 0.653. The number of carbonyl (C=O) groups excluding carboxylic acids is 1. The molecule has 186 valence electrons. The maximum absolute atomic E-state index is 15.6. The zero-order valence-corrected chi connectivity index (χ0v) is 20.1. The number of benzene rings is 1. The van der Waals surface area contributed by atoms with Gasteiger partial charge in [0.15, 0.2) is 0 Å². The fourth-order valence-electron chi connectivity index (χ4n) is 5.58. The molecule has 35 heavy (non-hydrogen) atoms. The van der Waals surface area contributed by atoms with Crippen LogP contribution in [-0.4, -0.2) is 58.2 Å². The molecule has 2 saturated heterocycles. The molecule has 3 fully saturated rings. The first-order chi connectivity index (χ1) is 16.2. The van der Waals surface area contributed by atoms with Gasteiger partial charge in [-0.15, -0.1) is 12.4 Å². The number of piperidine rings is 1. The van der Waals surface area contributed by atoms with Crippen molar-refractivity contribution in [3.63, 3.8) is 0 Å². The minimum Gasteiger partial charge on any atom is -0.477 e. The van der Waals surface area contributed by atoms with E-state index in [-0.39, 0.29) is 58.5 Å². The first kappa shape index (κ1) is 24.9. The zero-order chi connectivity index (χ0) is 24.3. The molecule has 3 aliphatic rings. The van der Waals surface area contributed by atoms with Crippen LogP contribution in [0.5, 0.6) is 0 Å². The van der Waals surface area contributed by atoms with Gasteiger partial charge in [0.05, 0.1) is 28.7 Å². The third-order valence-electron chi connectivity index (χ3n) is 7.29. The fourth-order valence-corrected chi connectivity index (χ4v) is 5.58. The number of rotatable bonds is 4. The average molecular weight is 504 g/mol. The average Bonchev–Trinajstić information content (AvgIpc) is 3.55. The second-order valence-corrected chi connectivity index (χ2v) is 9.60. The number of anilines is 1. The van der Waals surface area contributed by atoms with E-state index < -0.39 is 28.8 Å². The monoisotopic (exact) mass is 503 g/mol. The van der Waals surface area contributed by atoms with E-state index in [0.29, 0.717) is 19.6 Å². The number of carboxylic acids is 1. The van der Waals surface area contributed by atoms with Crippen LogP contribution < -0.4 is 16.1 Å². The Morgan fingerprint density at radius 2 is 2.00 bits per heavy atom. The second kappa shape index (κ2) is 9.13. The van der Waals surface area contributed by atoms with E-state index in [9.17, 15) is 24.8 Å². The summed E-state index contributed by atoms with van der Waals surface area (Å²) in [5, 5.41) is 19.5. The number of nitrogens with two attached hydrogens (primary N) is 1. The summed E-state index contributed by atoms with van der Waals surface area (Å²) in [6.45, 7) is 3.09. The lowest BCUT2D eigenvalue weighted by atomic mass is 9.91. The minimum atomic E-state index is -1.38. The van der Waals surface area contributed by atoms with Crippen LogP contribution in [0.1, 0.15) is 54.6 Å². The number of likely N-dealkylation sites (tertiary alicyclic amines) is 1. The van der Waals surface area contributed by atoms with Gasteiger partial charge in [0.2, 0.25) is 11.3 Å². The Morgan fingerprint density at radius 3 is 2.60 bits per heavy atom. The number of amides is 1. The molecule has 0 spiro atoms. The molecule has 1 aromatic heterocycles. The molecule has 2 aliphatic heterocycles. The Bertz CT molecular complexity index is 1320. The lowest BCUT2D eigenvalue weighted by Gasteiger charge is -2.37. The predicted octanol–water partition coefficient (Wildman–Crippen LogP) is 2.24. The smallest absolute Gasteiger partial charge is 0.341 e. The summed E-state index contributed by atoms with van der Waals surface area (Å²) in [6, 6.07) is 2.37. The van der Waals surface area contributed by atoms with Crippen molar-refractivity contribution in [1.82, 2.24) is 9.47 Å². The summed E-state index contributed by atoms with van der Waals surface area (Å²) < 4.78 is 17.2. The van der Waals surface area contributed by atoms with Crippen LogP contribution >= 0.6 is 12.4 Å². The van der Waals surface area contributed by atoms with Crippen LogP contribution in [0.15, 0.2) is 17.1 Å². The Kier molecular flexibility index (Phi) is 6.51. The summed E-state index contributed by atoms with van der Waals surface area (Å²) in [5.74, 6) is -2.14. The number of carboxylic acid groups (broad SMARTS) is 1. The first-order valence-electron chi connectivity index (χ1n) is 11.6. The van der Waals surface area contributed by atoms with Gasteiger partial charge >= 0.3 is 5.97 Å². The molecule has 9 nitrogen and oxygen atoms in total. The van der Waals surface area contributed by atoms with Gasteiger partial charge in [0.25, 0.3) is 0 Å². The fraction of sp³-hybridized carbons (Fsp3) is 0.500. The first-order valence-corrected chi connectivity index (χ1v) is 11.6. The molecule has 0 radical (unpaired) electrons. The summed E-state index contributed by atoms with van der Waals surface area (Å²) in [6.07, 6.45) is 4.57. The molecule has 5 rings (SSSR count). The van der Waals surface area contributed by atoms with Crippen molar-refractivity contribution in [3.05, 3.63) is 39.4 Å². The molecular weight excluding hydrogens is 477 g/mol. The van der Waals surface area contributed by atoms with Gasteiger partial charge in [-0.2, -0.15) is 5.26 Å². The molecule has 1 saturated carbocycles. The third-order valence-corrected chi connectivity index (χ3v) is 7.29. The van der Waals surface area contributed by atoms with Crippen molar-refractivity contribution in [2.45, 2.75) is 50.7 Å². The SMILES string of the molecule is C[C@@H](N)C(=O)N1CCC[C@H]2CN(c3c(F)cc4c(=O)c(C(=O)O)cn(C5CC5)c4c3C#N)C[C@H]21.Cl. The second-order valence-electron chi connectivity index (χ2n) is 9.60. The van der Waals surface area contributed by atoms with Gasteiger partial charge in [-0.1, -0.05) is 0 Å². The molecule has 1 aliphatic carbocycles. The van der Waals surface area contributed by atoms with Crippen LogP contribution in [0, 0.1) is 23.1 Å². The molecule has 3 heterocycles. The Balaban J connectivity index is 0.00000289. The largest absolute Gasteiger partial charge is 0.477 e. The van der Waals surface area contributed by atoms with E-state index in [1.54, 1.807) is 21.3 Å². The molecule has 11 heteroatoms. The number of halogens is 2. The lowest BCUT2D eigenvalue weighted by Crippen LogP contribution is -2.53. The van der Waals surface area contributed by atoms with Crippen LogP contribution in [0.3, 0.4) is 0 Å². The number of nitrogens with zero attached hydrogens (tertiary/aromatic N) is 4. The standard InChI is InChI=1S/C24H26FN5O4.ClH/c1-12(27)23(32)29-6-2-3-13-9-28(11-19(13)29)21-16(8-26)20-15(7-18(21)25)22(31)17(24(33)34)10-30(20)14-4-5-14;/h7,10,12-14,19H,2-6,9,11,27H2,1H3,(H,33,34);1H/t12-,13+,19-;/m1./s1. The van der Waals surface area contributed by atoms with Crippen molar-refractivity contribution in [1.29, 1.82) is 5.26 Å². The van der Waals surface area contributed by atoms with Gasteiger partial charge in [-0.05, 0) is 44.6 Å². The number of nitriles is 1. The lowest BCUT2D eigenvalue weighted by molar-refractivity contribution is -0.136. The molecule has 1 amide bonds. The Labute approximate surface area is 207 Å². The predicted molar refractivity (Wildman–Crippen MR) is 129 cm³/mol. The molecule has 0 bridgehead atoms. The van der Waals surface area contributed by atoms with Gasteiger partial charge in [0, 0.05) is 31.9 Å². The van der Waals surface area contributed by atoms with Crippen molar-refractivity contribution < 1.29 is 19.1 Å². The molecule has 0 unspecified atom stereocenters. The highest BCUT2D eigenvalue weighted by Gasteiger charge is 2.43. The Hall–Kier alpha value is -3.16. The number of fused-ring (bicyclic) bond motifs is 2. The summed E-state index contributed by atoms with van der Waals surface area (Å²) in [5.41, 5.74) is 5.01. The topological polar surface area (TPSA) is 133 Å². The highest BCUT2D eigenvalue weighted by atomic mass is 35.5. The number of aromatic carboxylic acids is 1. The van der Waals surface area contributed by atoms with Crippen molar-refractivity contribution in [2.24, 2.45) is 11.7 Å². The van der Waals surface area contributed by atoms with Crippen molar-refractivity contribution >= 4 is 40.9 Å². The minimum absolute atomic E-state index is 0. The molecule has 3 N–H and O–H groups in total. The number of hydrogen-bond donors (Lipinski definition) is 2. The molecule has 3 atom stereocenters. The highest BCUT2D eigenvalue weighted by molar-refractivity contribution is 5.96. The van der Waals surface area contributed by atoms with Gasteiger partial charge in [-0.3, -0.25) is 9.59 Å². The number of pyridine rings is 1. The molecule has 1 aromatic carbocycles. The van der Waals surface area contributed by atoms with Crippen molar-refractivity contribution in [2.75, 3.05) is 24.5 Å². The molecular formula is C24H27ClFN5O4. The van der Waals surface area contributed by atoms with E-state index in [1.807, 2.05) is 0 Å². The van der Waals surface area contributed by atoms with Crippen LogP contribution in [0.4, 0.5) is 10.1 Å². The van der Waals surface area contributed by atoms with Gasteiger partial charge in [-0.25, -0.2) is 9.18 Å². The number of hydrogen-bond acceptors (Lipinski definition) is 6. The highest BCUT2D eigenvalue weighted by Crippen LogP contribution is 2.42. The maximum atomic E-state index is 15.6. The number of carbonyl (C=O) groups is 2. The van der Waals surface area contributed by atoms with Crippen LogP contribution in [-0.2, 0) is 4.79 Å². The van der Waals surface area contributed by atoms with Crippen LogP contribution in [0.25, 0.3) is 10.9 Å². The zero-order valence-electron chi connectivity index (χ0n) is 19.2. The third kappa shape index (κ3) is 4.02. The normalized spacial score (nSPS) is 22.3. The summed E-state index contributed by atoms with van der Waals surface area (Å²) >= 11 is 0. The van der Waals surface area contributed by atoms with Crippen LogP contribution in [0.2, 0.25) is 0 Å². The van der Waals surface area contributed by atoms with E-state index in [4.69, 9.17) is 5.73 Å². The van der Waals surface area contributed by atoms with E-state index in [0.717, 1.165) is 31.7 Å². The summed E-state index contributed by atoms with van der Waals surface area (Å²) in [7, 11) is 0. The number of aromatic nitrogens is 1. The van der Waals surface area contributed by atoms with E-state index in [1.165, 1.54) is 6.20 Å². The summed E-state index contributed by atoms with van der Waals surface area (Å²) in [4.78, 5) is 40.7. The van der Waals surface area contributed by atoms with E-state index >= 15 is 4.39 Å². The van der Waals surface area contributed by atoms with Gasteiger partial charge in [0.1, 0.15) is 23.0 Å².